The zero-order chi connectivity index (χ0) is 22.3. The van der Waals surface area contributed by atoms with Gasteiger partial charge in [0.05, 0.1) is 11.4 Å². The first-order valence-electron chi connectivity index (χ1n) is 10.2. The van der Waals surface area contributed by atoms with Gasteiger partial charge in [0.25, 0.3) is 5.56 Å². The molecule has 6 nitrogen and oxygen atoms in total. The average molecular weight is 436 g/mol. The minimum Gasteiger partial charge on any atom is -0.494 e. The van der Waals surface area contributed by atoms with E-state index in [0.29, 0.717) is 18.1 Å². The molecule has 2 heterocycles. The lowest BCUT2D eigenvalue weighted by atomic mass is 9.98. The Bertz CT molecular complexity index is 1290. The lowest BCUT2D eigenvalue weighted by Crippen LogP contribution is -2.40. The number of hydrogen-bond donors (Lipinski definition) is 1. The molecule has 1 aliphatic heterocycles. The zero-order valence-corrected chi connectivity index (χ0v) is 18.8. The molecule has 160 valence electrons. The maximum Gasteiger partial charge on any atom is 0.333 e. The molecule has 0 aliphatic carbocycles. The summed E-state index contributed by atoms with van der Waals surface area (Å²) in [7, 11) is 2.86. The third-order valence-electron chi connectivity index (χ3n) is 5.67. The Morgan fingerprint density at radius 1 is 1.03 bits per heavy atom. The lowest BCUT2D eigenvalue weighted by Gasteiger charge is -2.18. The van der Waals surface area contributed by atoms with Crippen molar-refractivity contribution in [1.29, 1.82) is 0 Å². The number of aromatic hydroxyl groups is 1. The summed E-state index contributed by atoms with van der Waals surface area (Å²) in [4.78, 5) is 30.9. The molecule has 0 radical (unpaired) electrons. The molecule has 1 aliphatic rings. The van der Waals surface area contributed by atoms with Crippen molar-refractivity contribution in [1.82, 2.24) is 9.13 Å². The Hall–Kier alpha value is -3.06. The van der Waals surface area contributed by atoms with Crippen LogP contribution in [0, 0.1) is 0 Å². The van der Waals surface area contributed by atoms with Crippen molar-refractivity contribution in [3.63, 3.8) is 0 Å². The molecular weight excluding hydrogens is 410 g/mol. The molecule has 3 aromatic rings. The highest BCUT2D eigenvalue weighted by Crippen LogP contribution is 2.45. The van der Waals surface area contributed by atoms with Crippen LogP contribution < -0.4 is 11.2 Å². The average Bonchev–Trinajstić information content (AvgIpc) is 2.96. The van der Waals surface area contributed by atoms with Gasteiger partial charge in [0.15, 0.2) is 0 Å². The Kier molecular flexibility index (Phi) is 5.62. The van der Waals surface area contributed by atoms with Gasteiger partial charge in [-0.25, -0.2) is 4.79 Å². The van der Waals surface area contributed by atoms with Crippen LogP contribution in [0.5, 0.6) is 5.88 Å². The van der Waals surface area contributed by atoms with Crippen LogP contribution >= 0.6 is 11.8 Å². The fourth-order valence-electron chi connectivity index (χ4n) is 3.74. The Labute approximate surface area is 184 Å². The van der Waals surface area contributed by atoms with Crippen LogP contribution in [-0.4, -0.2) is 20.0 Å². The predicted molar refractivity (Wildman–Crippen MR) is 125 cm³/mol. The number of hydrogen-bond acceptors (Lipinski definition) is 5. The number of nitrogens with zero attached hydrogens (tertiary/aromatic N) is 3. The van der Waals surface area contributed by atoms with E-state index in [1.807, 2.05) is 24.3 Å². The zero-order valence-electron chi connectivity index (χ0n) is 18.0. The Balaban J connectivity index is 1.88. The molecule has 0 saturated carbocycles. The third kappa shape index (κ3) is 3.85. The maximum atomic E-state index is 13.0. The first-order valence-corrected chi connectivity index (χ1v) is 11.1. The quantitative estimate of drug-likeness (QED) is 0.667. The fraction of sp³-hybridized carbons (Fsp3) is 0.292. The van der Waals surface area contributed by atoms with Crippen molar-refractivity contribution in [3.05, 3.63) is 86.1 Å². The topological polar surface area (TPSA) is 76.6 Å². The summed E-state index contributed by atoms with van der Waals surface area (Å²) < 4.78 is 2.09. The standard InChI is InChI=1S/C24H25N3O3S/c1-14(2)15-9-11-16(12-10-15)20-13-18(25-17-7-5-6-8-19(17)31-20)21-22(28)26(3)24(30)27(4)23(21)29/h5-12,14,20,28H,13H2,1-4H3. The highest BCUT2D eigenvalue weighted by molar-refractivity contribution is 7.99. The van der Waals surface area contributed by atoms with Gasteiger partial charge >= 0.3 is 5.69 Å². The van der Waals surface area contributed by atoms with Crippen LogP contribution in [0.25, 0.3) is 0 Å². The number of aliphatic imine (C=N–C) groups is 1. The molecular formula is C24H25N3O3S. The second kappa shape index (κ2) is 8.23. The highest BCUT2D eigenvalue weighted by atomic mass is 32.2. The van der Waals surface area contributed by atoms with E-state index >= 15 is 0 Å². The van der Waals surface area contributed by atoms with E-state index in [0.717, 1.165) is 25.3 Å². The van der Waals surface area contributed by atoms with E-state index in [9.17, 15) is 14.7 Å². The molecule has 1 atom stereocenters. The number of rotatable bonds is 3. The van der Waals surface area contributed by atoms with Gasteiger partial charge in [-0.2, -0.15) is 0 Å². The molecule has 4 rings (SSSR count). The summed E-state index contributed by atoms with van der Waals surface area (Å²) in [6.07, 6.45) is 0.446. The molecule has 7 heteroatoms. The van der Waals surface area contributed by atoms with Crippen LogP contribution in [0.1, 0.15) is 48.1 Å². The summed E-state index contributed by atoms with van der Waals surface area (Å²) in [5.74, 6) is 0.0874. The van der Waals surface area contributed by atoms with E-state index in [2.05, 4.69) is 38.1 Å². The first-order chi connectivity index (χ1) is 14.8. The van der Waals surface area contributed by atoms with Crippen LogP contribution in [0.15, 0.2) is 68.0 Å². The normalized spacial score (nSPS) is 16.0. The van der Waals surface area contributed by atoms with Gasteiger partial charge < -0.3 is 5.11 Å². The number of benzene rings is 2. The van der Waals surface area contributed by atoms with Gasteiger partial charge in [0.2, 0.25) is 5.88 Å². The minimum absolute atomic E-state index is 0.00459. The molecule has 1 N–H and O–H groups in total. The molecule has 0 saturated heterocycles. The van der Waals surface area contributed by atoms with Crippen molar-refractivity contribution in [2.24, 2.45) is 19.1 Å². The van der Waals surface area contributed by atoms with Crippen LogP contribution in [0.3, 0.4) is 0 Å². The summed E-state index contributed by atoms with van der Waals surface area (Å²) in [6, 6.07) is 16.3. The van der Waals surface area contributed by atoms with Crippen molar-refractivity contribution in [3.8, 4) is 5.88 Å². The molecule has 0 spiro atoms. The van der Waals surface area contributed by atoms with E-state index in [1.165, 1.54) is 19.7 Å². The fourth-order valence-corrected chi connectivity index (χ4v) is 4.97. The largest absolute Gasteiger partial charge is 0.494 e. The van der Waals surface area contributed by atoms with Gasteiger partial charge in [-0.1, -0.05) is 50.2 Å². The van der Waals surface area contributed by atoms with Crippen LogP contribution in [0.4, 0.5) is 5.69 Å². The third-order valence-corrected chi connectivity index (χ3v) is 6.99. The van der Waals surface area contributed by atoms with Gasteiger partial charge in [0, 0.05) is 30.7 Å². The maximum absolute atomic E-state index is 13.0. The molecule has 1 unspecified atom stereocenters. The molecule has 31 heavy (non-hydrogen) atoms. The number of fused-ring (bicyclic) bond motifs is 1. The number of para-hydroxylation sites is 1. The second-order valence-corrected chi connectivity index (χ2v) is 9.31. The van der Waals surface area contributed by atoms with Gasteiger partial charge in [-0.15, -0.1) is 11.8 Å². The molecule has 2 aromatic carbocycles. The summed E-state index contributed by atoms with van der Waals surface area (Å²) in [5.41, 5.74) is 2.57. The molecule has 0 bridgehead atoms. The Morgan fingerprint density at radius 2 is 1.71 bits per heavy atom. The highest BCUT2D eigenvalue weighted by Gasteiger charge is 2.27. The van der Waals surface area contributed by atoms with Crippen LogP contribution in [0.2, 0.25) is 0 Å². The van der Waals surface area contributed by atoms with Crippen molar-refractivity contribution in [2.75, 3.05) is 0 Å². The van der Waals surface area contributed by atoms with Gasteiger partial charge in [-0.05, 0) is 29.2 Å². The van der Waals surface area contributed by atoms with Gasteiger partial charge in [0.1, 0.15) is 5.56 Å². The summed E-state index contributed by atoms with van der Waals surface area (Å²) in [5, 5.41) is 10.7. The monoisotopic (exact) mass is 435 g/mol. The Morgan fingerprint density at radius 3 is 2.39 bits per heavy atom. The second-order valence-electron chi connectivity index (χ2n) is 8.06. The number of aromatic nitrogens is 2. The van der Waals surface area contributed by atoms with Gasteiger partial charge in [-0.3, -0.25) is 18.9 Å². The number of thioether (sulfide) groups is 1. The van der Waals surface area contributed by atoms with E-state index in [-0.39, 0.29) is 16.7 Å². The predicted octanol–water partition coefficient (Wildman–Crippen LogP) is 4.27. The van der Waals surface area contributed by atoms with Crippen molar-refractivity contribution < 1.29 is 5.11 Å². The molecule has 0 fully saturated rings. The summed E-state index contributed by atoms with van der Waals surface area (Å²) in [6.45, 7) is 4.32. The van der Waals surface area contributed by atoms with Crippen LogP contribution in [-0.2, 0) is 14.1 Å². The SMILES string of the molecule is CC(C)c1ccc(C2CC(c3c(O)n(C)c(=O)n(C)c3=O)=Nc3ccccc3S2)cc1. The molecule has 1 aromatic heterocycles. The lowest BCUT2D eigenvalue weighted by molar-refractivity contribution is 0.410. The van der Waals surface area contributed by atoms with Crippen molar-refractivity contribution >= 4 is 23.2 Å². The molecule has 0 amide bonds. The van der Waals surface area contributed by atoms with E-state index < -0.39 is 11.2 Å². The minimum atomic E-state index is -0.573. The van der Waals surface area contributed by atoms with Crippen molar-refractivity contribution in [2.45, 2.75) is 36.3 Å². The van der Waals surface area contributed by atoms with E-state index in [4.69, 9.17) is 4.99 Å². The van der Waals surface area contributed by atoms with E-state index in [1.54, 1.807) is 11.8 Å². The summed E-state index contributed by atoms with van der Waals surface area (Å²) >= 11 is 1.69. The first kappa shape index (κ1) is 21.2. The smallest absolute Gasteiger partial charge is 0.333 e.